The second-order valence-corrected chi connectivity index (χ2v) is 8.75. The summed E-state index contributed by atoms with van der Waals surface area (Å²) in [6.07, 6.45) is 7.26. The topological polar surface area (TPSA) is 87.5 Å². The summed E-state index contributed by atoms with van der Waals surface area (Å²) in [7, 11) is 2.03. The molecule has 1 saturated heterocycles. The first-order chi connectivity index (χ1) is 16.7. The second-order valence-electron chi connectivity index (χ2n) is 8.75. The van der Waals surface area contributed by atoms with Crippen LogP contribution in [-0.4, -0.2) is 51.4 Å². The van der Waals surface area contributed by atoms with E-state index in [1.165, 1.54) is 0 Å². The number of carbonyl (C=O) groups is 1. The highest BCUT2D eigenvalue weighted by molar-refractivity contribution is 6.36. The molecule has 0 radical (unpaired) electrons. The van der Waals surface area contributed by atoms with E-state index in [2.05, 4.69) is 26.8 Å². The molecule has 4 aromatic rings. The molecule has 2 N–H and O–H groups in total. The maximum atomic E-state index is 12.6. The van der Waals surface area contributed by atoms with Crippen LogP contribution in [0.1, 0.15) is 35.6 Å². The van der Waals surface area contributed by atoms with Gasteiger partial charge in [-0.2, -0.15) is 9.61 Å². The van der Waals surface area contributed by atoms with Gasteiger partial charge in [0.2, 0.25) is 0 Å². The molecule has 34 heavy (non-hydrogen) atoms. The highest BCUT2D eigenvalue weighted by Crippen LogP contribution is 2.29. The molecule has 0 spiro atoms. The number of anilines is 1. The molecule has 1 aliphatic heterocycles. The molecular formula is C25H28BN7O. The number of benzene rings is 1. The summed E-state index contributed by atoms with van der Waals surface area (Å²) >= 11 is 0. The van der Waals surface area contributed by atoms with Crippen molar-refractivity contribution in [2.24, 2.45) is 0 Å². The van der Waals surface area contributed by atoms with Crippen LogP contribution in [0.5, 0.6) is 0 Å². The fraction of sp³-hybridized carbons (Fsp3) is 0.280. The minimum Gasteiger partial charge on any atom is -0.366 e. The number of likely N-dealkylation sites (tertiary alicyclic amines) is 1. The van der Waals surface area contributed by atoms with Crippen LogP contribution in [0.2, 0.25) is 0 Å². The monoisotopic (exact) mass is 453 g/mol. The highest BCUT2D eigenvalue weighted by Gasteiger charge is 2.25. The van der Waals surface area contributed by atoms with Gasteiger partial charge in [-0.05, 0) is 35.5 Å². The fourth-order valence-electron chi connectivity index (χ4n) is 4.39. The van der Waals surface area contributed by atoms with Crippen LogP contribution >= 0.6 is 0 Å². The number of nitrogens with one attached hydrogen (secondary N) is 2. The summed E-state index contributed by atoms with van der Waals surface area (Å²) < 4.78 is 1.86. The van der Waals surface area contributed by atoms with Crippen molar-refractivity contribution in [3.05, 3.63) is 83.9 Å². The minimum absolute atomic E-state index is 0.00354. The summed E-state index contributed by atoms with van der Waals surface area (Å²) in [4.78, 5) is 23.7. The van der Waals surface area contributed by atoms with Crippen LogP contribution in [0.25, 0.3) is 5.65 Å². The zero-order valence-electron chi connectivity index (χ0n) is 19.3. The van der Waals surface area contributed by atoms with Crippen LogP contribution in [0.3, 0.4) is 0 Å². The normalized spacial score (nSPS) is 14.3. The number of fused-ring (bicyclic) bond motifs is 1. The number of hydrogen-bond acceptors (Lipinski definition) is 5. The molecule has 3 aromatic heterocycles. The number of aromatic nitrogens is 4. The summed E-state index contributed by atoms with van der Waals surface area (Å²) in [6.45, 7) is 2.64. The third kappa shape index (κ3) is 4.88. The van der Waals surface area contributed by atoms with Gasteiger partial charge < -0.3 is 15.5 Å². The SMILES string of the molecule is Bc1cnn2c(NCc3cccnc3)cc(C3CCN(C(=O)NCc4ccccc4)CC3)nc12. The largest absolute Gasteiger partial charge is 0.366 e. The van der Waals surface area contributed by atoms with Crippen LogP contribution in [0, 0.1) is 0 Å². The zero-order valence-corrected chi connectivity index (χ0v) is 19.3. The number of hydrogen-bond donors (Lipinski definition) is 2. The van der Waals surface area contributed by atoms with Crippen molar-refractivity contribution in [2.45, 2.75) is 31.8 Å². The molecule has 0 unspecified atom stereocenters. The molecule has 0 saturated carbocycles. The number of amides is 2. The first-order valence-corrected chi connectivity index (χ1v) is 11.7. The van der Waals surface area contributed by atoms with Gasteiger partial charge in [0, 0.05) is 62.4 Å². The van der Waals surface area contributed by atoms with Gasteiger partial charge in [0.25, 0.3) is 0 Å². The van der Waals surface area contributed by atoms with Crippen molar-refractivity contribution in [3.8, 4) is 0 Å². The van der Waals surface area contributed by atoms with E-state index in [1.807, 2.05) is 72.1 Å². The van der Waals surface area contributed by atoms with E-state index in [-0.39, 0.29) is 6.03 Å². The lowest BCUT2D eigenvalue weighted by Crippen LogP contribution is -2.43. The number of pyridine rings is 1. The zero-order chi connectivity index (χ0) is 23.3. The number of nitrogens with zero attached hydrogens (tertiary/aromatic N) is 5. The van der Waals surface area contributed by atoms with E-state index in [0.717, 1.165) is 59.7 Å². The van der Waals surface area contributed by atoms with E-state index in [9.17, 15) is 4.79 Å². The summed E-state index contributed by atoms with van der Waals surface area (Å²) in [5.41, 5.74) is 5.17. The molecule has 0 bridgehead atoms. The Kier molecular flexibility index (Phi) is 6.42. The van der Waals surface area contributed by atoms with Crippen molar-refractivity contribution in [1.29, 1.82) is 0 Å². The second kappa shape index (κ2) is 9.95. The predicted octanol–water partition coefficient (Wildman–Crippen LogP) is 2.08. The third-order valence-electron chi connectivity index (χ3n) is 6.35. The lowest BCUT2D eigenvalue weighted by molar-refractivity contribution is 0.180. The van der Waals surface area contributed by atoms with Crippen LogP contribution < -0.4 is 16.1 Å². The van der Waals surface area contributed by atoms with Crippen LogP contribution in [-0.2, 0) is 13.1 Å². The Hall–Kier alpha value is -3.88. The minimum atomic E-state index is -0.00354. The molecule has 1 aromatic carbocycles. The van der Waals surface area contributed by atoms with Gasteiger partial charge in [-0.1, -0.05) is 36.4 Å². The predicted molar refractivity (Wildman–Crippen MR) is 135 cm³/mol. The number of piperidine rings is 1. The third-order valence-corrected chi connectivity index (χ3v) is 6.35. The highest BCUT2D eigenvalue weighted by atomic mass is 16.2. The van der Waals surface area contributed by atoms with Crippen molar-refractivity contribution < 1.29 is 4.79 Å². The summed E-state index contributed by atoms with van der Waals surface area (Å²) in [5.74, 6) is 1.22. The Morgan fingerprint density at radius 3 is 2.59 bits per heavy atom. The number of urea groups is 1. The summed E-state index contributed by atoms with van der Waals surface area (Å²) in [6, 6.07) is 16.1. The average Bonchev–Trinajstić information content (AvgIpc) is 3.28. The molecule has 2 amide bonds. The Balaban J connectivity index is 1.25. The quantitative estimate of drug-likeness (QED) is 0.437. The Labute approximate surface area is 199 Å². The van der Waals surface area contributed by atoms with Crippen molar-refractivity contribution in [3.63, 3.8) is 0 Å². The standard InChI is InChI=1S/C25H28BN7O/c26-21-17-30-33-23(28-16-19-7-4-10-27-14-19)13-22(31-24(21)33)20-8-11-32(12-9-20)25(34)29-15-18-5-2-1-3-6-18/h1-7,10,13-14,17,20,28H,8-9,11-12,15-16,26H2,(H,29,34). The molecule has 172 valence electrons. The first kappa shape index (κ1) is 21.9. The first-order valence-electron chi connectivity index (χ1n) is 11.7. The lowest BCUT2D eigenvalue weighted by atomic mass is 9.93. The van der Waals surface area contributed by atoms with Crippen molar-refractivity contribution in [1.82, 2.24) is 29.8 Å². The molecule has 9 heteroatoms. The molecular weight excluding hydrogens is 425 g/mol. The maximum absolute atomic E-state index is 12.6. The Bertz CT molecular complexity index is 1250. The fourth-order valence-corrected chi connectivity index (χ4v) is 4.39. The van der Waals surface area contributed by atoms with Gasteiger partial charge in [-0.25, -0.2) is 9.78 Å². The van der Waals surface area contributed by atoms with Crippen molar-refractivity contribution in [2.75, 3.05) is 18.4 Å². The molecule has 1 aliphatic rings. The van der Waals surface area contributed by atoms with E-state index < -0.39 is 0 Å². The average molecular weight is 453 g/mol. The van der Waals surface area contributed by atoms with Gasteiger partial charge in [-0.15, -0.1) is 0 Å². The van der Waals surface area contributed by atoms with E-state index >= 15 is 0 Å². The smallest absolute Gasteiger partial charge is 0.317 e. The molecule has 0 atom stereocenters. The van der Waals surface area contributed by atoms with Gasteiger partial charge in [0.15, 0.2) is 5.65 Å². The molecule has 0 aliphatic carbocycles. The number of carbonyl (C=O) groups excluding carboxylic acids is 1. The molecule has 5 rings (SSSR count). The van der Waals surface area contributed by atoms with Gasteiger partial charge in [-0.3, -0.25) is 4.98 Å². The summed E-state index contributed by atoms with van der Waals surface area (Å²) in [5, 5.41) is 11.1. The van der Waals surface area contributed by atoms with Crippen molar-refractivity contribution >= 4 is 30.8 Å². The lowest BCUT2D eigenvalue weighted by Gasteiger charge is -2.32. The number of rotatable bonds is 6. The molecule has 8 nitrogen and oxygen atoms in total. The molecule has 4 heterocycles. The van der Waals surface area contributed by atoms with Gasteiger partial charge >= 0.3 is 6.03 Å². The van der Waals surface area contributed by atoms with E-state index in [0.29, 0.717) is 19.0 Å². The maximum Gasteiger partial charge on any atom is 0.317 e. The van der Waals surface area contributed by atoms with Crippen LogP contribution in [0.4, 0.5) is 10.6 Å². The van der Waals surface area contributed by atoms with E-state index in [4.69, 9.17) is 4.98 Å². The van der Waals surface area contributed by atoms with E-state index in [1.54, 1.807) is 6.20 Å². The Morgan fingerprint density at radius 2 is 1.82 bits per heavy atom. The van der Waals surface area contributed by atoms with Gasteiger partial charge in [0.05, 0.1) is 0 Å². The molecule has 1 fully saturated rings. The Morgan fingerprint density at radius 1 is 1.03 bits per heavy atom. The van der Waals surface area contributed by atoms with Gasteiger partial charge in [0.1, 0.15) is 13.7 Å². The van der Waals surface area contributed by atoms with Crippen LogP contribution in [0.15, 0.2) is 67.1 Å².